The van der Waals surface area contributed by atoms with Gasteiger partial charge in [0.2, 0.25) is 16.9 Å². The second kappa shape index (κ2) is 7.62. The monoisotopic (exact) mass is 376 g/mol. The number of rotatable bonds is 5. The minimum Gasteiger partial charge on any atom is -0.325 e. The number of amides is 2. The number of alkyl halides is 3. The van der Waals surface area contributed by atoms with Crippen molar-refractivity contribution in [2.75, 3.05) is 16.4 Å². The first kappa shape index (κ1) is 18.2. The summed E-state index contributed by atoms with van der Waals surface area (Å²) in [6.07, 6.45) is -4.47. The van der Waals surface area contributed by atoms with E-state index in [-0.39, 0.29) is 17.3 Å². The highest BCUT2D eigenvalue weighted by atomic mass is 32.2. The largest absolute Gasteiger partial charge is 0.416 e. The number of carbonyl (C=O) groups excluding carboxylic acids is 2. The highest BCUT2D eigenvalue weighted by Gasteiger charge is 2.30. The van der Waals surface area contributed by atoms with Crippen LogP contribution in [0.1, 0.15) is 12.5 Å². The van der Waals surface area contributed by atoms with Crippen LogP contribution < -0.4 is 10.6 Å². The lowest BCUT2D eigenvalue weighted by molar-refractivity contribution is -0.137. The molecule has 0 radical (unpaired) electrons. The molecule has 24 heavy (non-hydrogen) atoms. The van der Waals surface area contributed by atoms with E-state index in [2.05, 4.69) is 20.8 Å². The van der Waals surface area contributed by atoms with Crippen molar-refractivity contribution in [3.8, 4) is 0 Å². The van der Waals surface area contributed by atoms with Gasteiger partial charge in [-0.2, -0.15) is 13.2 Å². The molecule has 1 heterocycles. The Labute approximate surface area is 142 Å². The van der Waals surface area contributed by atoms with E-state index < -0.39 is 17.6 Å². The van der Waals surface area contributed by atoms with Gasteiger partial charge in [-0.3, -0.25) is 9.59 Å². The number of anilines is 2. The summed E-state index contributed by atoms with van der Waals surface area (Å²) in [6, 6.07) is 4.38. The molecule has 2 rings (SSSR count). The van der Waals surface area contributed by atoms with E-state index in [1.165, 1.54) is 19.1 Å². The lowest BCUT2D eigenvalue weighted by atomic mass is 10.2. The normalized spacial score (nSPS) is 11.2. The molecule has 0 bridgehead atoms. The zero-order chi connectivity index (χ0) is 17.7. The first-order valence-electron chi connectivity index (χ1n) is 6.45. The topological polar surface area (TPSA) is 84.0 Å². The van der Waals surface area contributed by atoms with E-state index in [1.807, 2.05) is 0 Å². The summed E-state index contributed by atoms with van der Waals surface area (Å²) in [5.41, 5.74) is -0.774. The van der Waals surface area contributed by atoms with Crippen LogP contribution in [-0.4, -0.2) is 27.8 Å². The first-order valence-corrected chi connectivity index (χ1v) is 8.25. The Morgan fingerprint density at radius 1 is 1.25 bits per heavy atom. The van der Waals surface area contributed by atoms with Crippen molar-refractivity contribution in [1.29, 1.82) is 0 Å². The van der Waals surface area contributed by atoms with Crippen molar-refractivity contribution in [1.82, 2.24) is 10.2 Å². The number of benzene rings is 1. The molecular formula is C13H11F3N4O2S2. The van der Waals surface area contributed by atoms with Gasteiger partial charge in [0.25, 0.3) is 0 Å². The van der Waals surface area contributed by atoms with Gasteiger partial charge in [0, 0.05) is 12.6 Å². The van der Waals surface area contributed by atoms with Crippen molar-refractivity contribution in [2.45, 2.75) is 17.4 Å². The summed E-state index contributed by atoms with van der Waals surface area (Å²) in [4.78, 5) is 22.7. The third-order valence-electron chi connectivity index (χ3n) is 2.49. The molecule has 0 saturated carbocycles. The summed E-state index contributed by atoms with van der Waals surface area (Å²) in [6.45, 7) is 1.33. The van der Waals surface area contributed by atoms with Crippen LogP contribution in [0.4, 0.5) is 24.0 Å². The molecule has 2 aromatic rings. The van der Waals surface area contributed by atoms with E-state index in [1.54, 1.807) is 0 Å². The molecule has 0 aliphatic carbocycles. The van der Waals surface area contributed by atoms with Crippen LogP contribution in [0.25, 0.3) is 0 Å². The molecule has 0 aliphatic rings. The van der Waals surface area contributed by atoms with Crippen molar-refractivity contribution in [3.63, 3.8) is 0 Å². The molecule has 0 unspecified atom stereocenters. The third-order valence-corrected chi connectivity index (χ3v) is 4.46. The SMILES string of the molecule is CC(=O)Nc1nnc(SCC(=O)Nc2cccc(C(F)(F)F)c2)s1. The van der Waals surface area contributed by atoms with Crippen LogP contribution in [0.3, 0.4) is 0 Å². The van der Waals surface area contributed by atoms with Crippen molar-refractivity contribution >= 4 is 45.7 Å². The smallest absolute Gasteiger partial charge is 0.325 e. The molecule has 2 N–H and O–H groups in total. The van der Waals surface area contributed by atoms with E-state index in [0.29, 0.717) is 9.47 Å². The Morgan fingerprint density at radius 2 is 2.00 bits per heavy atom. The number of carbonyl (C=O) groups is 2. The number of nitrogens with zero attached hydrogens (tertiary/aromatic N) is 2. The van der Waals surface area contributed by atoms with Crippen LogP contribution in [0.5, 0.6) is 0 Å². The zero-order valence-electron chi connectivity index (χ0n) is 12.2. The maximum atomic E-state index is 12.6. The summed E-state index contributed by atoms with van der Waals surface area (Å²) >= 11 is 2.16. The molecule has 0 atom stereocenters. The highest BCUT2D eigenvalue weighted by Crippen LogP contribution is 2.31. The number of thioether (sulfide) groups is 1. The maximum absolute atomic E-state index is 12.6. The predicted molar refractivity (Wildman–Crippen MR) is 85.0 cm³/mol. The summed E-state index contributed by atoms with van der Waals surface area (Å²) in [5.74, 6) is -0.814. The van der Waals surface area contributed by atoms with Gasteiger partial charge in [0.1, 0.15) is 0 Å². The van der Waals surface area contributed by atoms with Gasteiger partial charge < -0.3 is 10.6 Å². The Kier molecular flexibility index (Phi) is 5.78. The quantitative estimate of drug-likeness (QED) is 0.618. The zero-order valence-corrected chi connectivity index (χ0v) is 13.8. The molecule has 0 saturated heterocycles. The van der Waals surface area contributed by atoms with Gasteiger partial charge in [-0.25, -0.2) is 0 Å². The van der Waals surface area contributed by atoms with Crippen LogP contribution in [0.15, 0.2) is 28.6 Å². The minimum absolute atomic E-state index is 0.0506. The van der Waals surface area contributed by atoms with E-state index >= 15 is 0 Å². The molecule has 6 nitrogen and oxygen atoms in total. The molecule has 0 spiro atoms. The number of nitrogens with one attached hydrogen (secondary N) is 2. The Bertz CT molecular complexity index is 749. The Hall–Kier alpha value is -2.14. The molecule has 0 aliphatic heterocycles. The van der Waals surface area contributed by atoms with Crippen LogP contribution in [0, 0.1) is 0 Å². The van der Waals surface area contributed by atoms with Crippen molar-refractivity contribution < 1.29 is 22.8 Å². The predicted octanol–water partition coefficient (Wildman–Crippen LogP) is 3.25. The van der Waals surface area contributed by atoms with Gasteiger partial charge >= 0.3 is 6.18 Å². The van der Waals surface area contributed by atoms with E-state index in [4.69, 9.17) is 0 Å². The summed E-state index contributed by atoms with van der Waals surface area (Å²) < 4.78 is 38.3. The second-order valence-corrected chi connectivity index (χ2v) is 6.67. The fraction of sp³-hybridized carbons (Fsp3) is 0.231. The van der Waals surface area contributed by atoms with Gasteiger partial charge in [-0.1, -0.05) is 29.2 Å². The lowest BCUT2D eigenvalue weighted by Gasteiger charge is -2.09. The van der Waals surface area contributed by atoms with Gasteiger partial charge in [0.05, 0.1) is 11.3 Å². The van der Waals surface area contributed by atoms with Gasteiger partial charge in [-0.05, 0) is 18.2 Å². The van der Waals surface area contributed by atoms with Gasteiger partial charge in [-0.15, -0.1) is 10.2 Å². The van der Waals surface area contributed by atoms with Crippen LogP contribution in [0.2, 0.25) is 0 Å². The number of halogens is 3. The van der Waals surface area contributed by atoms with Crippen LogP contribution in [-0.2, 0) is 15.8 Å². The first-order chi connectivity index (χ1) is 11.2. The summed E-state index contributed by atoms with van der Waals surface area (Å²) in [5, 5.41) is 12.7. The molecule has 0 fully saturated rings. The fourth-order valence-corrected chi connectivity index (χ4v) is 3.16. The van der Waals surface area contributed by atoms with Crippen LogP contribution >= 0.6 is 23.1 Å². The highest BCUT2D eigenvalue weighted by molar-refractivity contribution is 8.01. The Balaban J connectivity index is 1.89. The van der Waals surface area contributed by atoms with Crippen molar-refractivity contribution in [2.24, 2.45) is 0 Å². The van der Waals surface area contributed by atoms with E-state index in [9.17, 15) is 22.8 Å². The molecule has 11 heteroatoms. The summed E-state index contributed by atoms with van der Waals surface area (Å²) in [7, 11) is 0. The molecular weight excluding hydrogens is 365 g/mol. The maximum Gasteiger partial charge on any atom is 0.416 e. The Morgan fingerprint density at radius 3 is 2.67 bits per heavy atom. The molecule has 1 aromatic carbocycles. The molecule has 1 aromatic heterocycles. The third kappa shape index (κ3) is 5.49. The lowest BCUT2D eigenvalue weighted by Crippen LogP contribution is -2.15. The number of aromatic nitrogens is 2. The van der Waals surface area contributed by atoms with Crippen molar-refractivity contribution in [3.05, 3.63) is 29.8 Å². The average molecular weight is 376 g/mol. The van der Waals surface area contributed by atoms with E-state index in [0.717, 1.165) is 35.2 Å². The molecule has 2 amide bonds. The standard InChI is InChI=1S/C13H11F3N4O2S2/c1-7(21)17-11-19-20-12(24-11)23-6-10(22)18-9-4-2-3-8(5-9)13(14,15)16/h2-5H,6H2,1H3,(H,18,22)(H,17,19,21). The average Bonchev–Trinajstić information content (AvgIpc) is 2.91. The number of hydrogen-bond donors (Lipinski definition) is 2. The fourth-order valence-electron chi connectivity index (χ4n) is 1.57. The van der Waals surface area contributed by atoms with Gasteiger partial charge in [0.15, 0.2) is 4.34 Å². The minimum atomic E-state index is -4.47. The number of hydrogen-bond acceptors (Lipinski definition) is 6. The second-order valence-electron chi connectivity index (χ2n) is 4.47. The molecule has 128 valence electrons.